The van der Waals surface area contributed by atoms with Gasteiger partial charge >= 0.3 is 0 Å². The number of ether oxygens (including phenoxy) is 1. The first-order valence-electron chi connectivity index (χ1n) is 5.77. The molecule has 6 heteroatoms. The molecule has 0 aliphatic rings. The van der Waals surface area contributed by atoms with Gasteiger partial charge in [-0.05, 0) is 42.0 Å². The van der Waals surface area contributed by atoms with Crippen LogP contribution in [0.5, 0.6) is 5.75 Å². The van der Waals surface area contributed by atoms with E-state index in [4.69, 9.17) is 22.1 Å². The Morgan fingerprint density at radius 2 is 2.05 bits per heavy atom. The maximum atomic E-state index is 12.4. The average molecular weight is 375 g/mol. The lowest BCUT2D eigenvalue weighted by Crippen LogP contribution is -1.99. The molecule has 0 amide bonds. The van der Waals surface area contributed by atoms with Crippen molar-refractivity contribution in [2.75, 3.05) is 12.8 Å². The van der Waals surface area contributed by atoms with Gasteiger partial charge in [0, 0.05) is 10.2 Å². The summed E-state index contributed by atoms with van der Waals surface area (Å²) in [5.74, 6) is 1.07. The van der Waals surface area contributed by atoms with Crippen LogP contribution >= 0.6 is 27.5 Å². The molecule has 2 aromatic rings. The Labute approximate surface area is 133 Å². The van der Waals surface area contributed by atoms with Gasteiger partial charge < -0.3 is 10.5 Å². The molecular weight excluding hydrogens is 362 g/mol. The molecule has 0 aliphatic carbocycles. The third kappa shape index (κ3) is 3.53. The van der Waals surface area contributed by atoms with Gasteiger partial charge in [0.2, 0.25) is 0 Å². The highest BCUT2D eigenvalue weighted by molar-refractivity contribution is 9.10. The van der Waals surface area contributed by atoms with Gasteiger partial charge in [0.15, 0.2) is 0 Å². The standard InChI is InChI=1S/C14H13BrClNO2S/c1-19-11-3-4-12(15)9(6-11)8-20(18)14-5-2-10(17)7-13(14)16/h2-7H,8,17H2,1H3. The van der Waals surface area contributed by atoms with Crippen molar-refractivity contribution in [3.8, 4) is 5.75 Å². The van der Waals surface area contributed by atoms with E-state index in [0.717, 1.165) is 15.8 Å². The highest BCUT2D eigenvalue weighted by Gasteiger charge is 2.12. The van der Waals surface area contributed by atoms with Crippen LogP contribution < -0.4 is 10.5 Å². The van der Waals surface area contributed by atoms with Crippen LogP contribution in [0.2, 0.25) is 5.02 Å². The molecule has 0 heterocycles. The van der Waals surface area contributed by atoms with Crippen LogP contribution in [0, 0.1) is 0 Å². The van der Waals surface area contributed by atoms with Crippen molar-refractivity contribution in [2.24, 2.45) is 0 Å². The maximum Gasteiger partial charge on any atom is 0.119 e. The molecule has 2 aromatic carbocycles. The highest BCUT2D eigenvalue weighted by atomic mass is 79.9. The van der Waals surface area contributed by atoms with Crippen LogP contribution in [0.3, 0.4) is 0 Å². The average Bonchev–Trinajstić information content (AvgIpc) is 2.41. The first kappa shape index (κ1) is 15.4. The quantitative estimate of drug-likeness (QED) is 0.823. The molecule has 3 nitrogen and oxygen atoms in total. The molecule has 0 aromatic heterocycles. The van der Waals surface area contributed by atoms with Crippen molar-refractivity contribution in [2.45, 2.75) is 10.6 Å². The summed E-state index contributed by atoms with van der Waals surface area (Å²) >= 11 is 9.53. The summed E-state index contributed by atoms with van der Waals surface area (Å²) < 4.78 is 18.5. The van der Waals surface area contributed by atoms with Gasteiger partial charge in [-0.25, -0.2) is 0 Å². The van der Waals surface area contributed by atoms with E-state index < -0.39 is 10.8 Å². The van der Waals surface area contributed by atoms with E-state index in [1.807, 2.05) is 18.2 Å². The lowest BCUT2D eigenvalue weighted by Gasteiger charge is -2.09. The third-order valence-electron chi connectivity index (χ3n) is 2.74. The normalized spacial score (nSPS) is 12.2. The molecule has 106 valence electrons. The minimum Gasteiger partial charge on any atom is -0.497 e. The van der Waals surface area contributed by atoms with Crippen molar-refractivity contribution >= 4 is 44.0 Å². The van der Waals surface area contributed by atoms with Gasteiger partial charge in [-0.15, -0.1) is 0 Å². The van der Waals surface area contributed by atoms with Crippen LogP contribution in [0.15, 0.2) is 45.8 Å². The fraction of sp³-hybridized carbons (Fsp3) is 0.143. The number of hydrogen-bond donors (Lipinski definition) is 1. The number of hydrogen-bond acceptors (Lipinski definition) is 3. The largest absolute Gasteiger partial charge is 0.497 e. The topological polar surface area (TPSA) is 52.3 Å². The first-order valence-corrected chi connectivity index (χ1v) is 8.26. The van der Waals surface area contributed by atoms with E-state index in [9.17, 15) is 4.21 Å². The predicted octanol–water partition coefficient (Wildman–Crippen LogP) is 4.00. The van der Waals surface area contributed by atoms with Crippen LogP contribution in [-0.4, -0.2) is 11.3 Å². The molecule has 20 heavy (non-hydrogen) atoms. The molecule has 0 radical (unpaired) electrons. The van der Waals surface area contributed by atoms with Crippen molar-refractivity contribution in [3.63, 3.8) is 0 Å². The second-order valence-corrected chi connectivity index (χ2v) is 6.82. The number of methoxy groups -OCH3 is 1. The molecule has 2 N–H and O–H groups in total. The van der Waals surface area contributed by atoms with Gasteiger partial charge in [-0.2, -0.15) is 0 Å². The second-order valence-electron chi connectivity index (χ2n) is 4.14. The summed E-state index contributed by atoms with van der Waals surface area (Å²) in [5, 5.41) is 0.419. The van der Waals surface area contributed by atoms with Gasteiger partial charge in [0.1, 0.15) is 5.75 Å². The lowest BCUT2D eigenvalue weighted by atomic mass is 10.2. The molecule has 2 rings (SSSR count). The maximum absolute atomic E-state index is 12.4. The summed E-state index contributed by atoms with van der Waals surface area (Å²) in [7, 11) is 0.350. The lowest BCUT2D eigenvalue weighted by molar-refractivity contribution is 0.414. The monoisotopic (exact) mass is 373 g/mol. The Morgan fingerprint density at radius 1 is 1.30 bits per heavy atom. The van der Waals surface area contributed by atoms with E-state index >= 15 is 0 Å². The zero-order chi connectivity index (χ0) is 14.7. The van der Waals surface area contributed by atoms with Crippen molar-refractivity contribution < 1.29 is 8.95 Å². The number of nitrogen functional groups attached to an aromatic ring is 1. The molecule has 1 unspecified atom stereocenters. The van der Waals surface area contributed by atoms with Crippen molar-refractivity contribution in [1.29, 1.82) is 0 Å². The SMILES string of the molecule is COc1ccc(Br)c(CS(=O)c2ccc(N)cc2Cl)c1. The molecular formula is C14H13BrClNO2S. The van der Waals surface area contributed by atoms with E-state index in [1.54, 1.807) is 25.3 Å². The summed E-state index contributed by atoms with van der Waals surface area (Å²) in [5.41, 5.74) is 7.09. The highest BCUT2D eigenvalue weighted by Crippen LogP contribution is 2.28. The van der Waals surface area contributed by atoms with Crippen LogP contribution in [0.25, 0.3) is 0 Å². The minimum atomic E-state index is -1.25. The van der Waals surface area contributed by atoms with Gasteiger partial charge in [0.25, 0.3) is 0 Å². The molecule has 1 atom stereocenters. The Bertz CT molecular complexity index is 664. The summed E-state index contributed by atoms with van der Waals surface area (Å²) in [6.45, 7) is 0. The van der Waals surface area contributed by atoms with Crippen molar-refractivity contribution in [1.82, 2.24) is 0 Å². The van der Waals surface area contributed by atoms with Gasteiger partial charge in [-0.1, -0.05) is 27.5 Å². The Balaban J connectivity index is 2.27. The predicted molar refractivity (Wildman–Crippen MR) is 86.7 cm³/mol. The minimum absolute atomic E-state index is 0.349. The van der Waals surface area contributed by atoms with Crippen molar-refractivity contribution in [3.05, 3.63) is 51.5 Å². The smallest absolute Gasteiger partial charge is 0.119 e. The zero-order valence-electron chi connectivity index (χ0n) is 10.7. The van der Waals surface area contributed by atoms with Crippen LogP contribution in [0.1, 0.15) is 5.56 Å². The van der Waals surface area contributed by atoms with E-state index in [-0.39, 0.29) is 0 Å². The van der Waals surface area contributed by atoms with E-state index in [2.05, 4.69) is 15.9 Å². The van der Waals surface area contributed by atoms with E-state index in [1.165, 1.54) is 0 Å². The molecule has 0 saturated heterocycles. The fourth-order valence-corrected chi connectivity index (χ4v) is 3.90. The Hall–Kier alpha value is -1.04. The Kier molecular flexibility index (Phi) is 5.07. The second kappa shape index (κ2) is 6.61. The van der Waals surface area contributed by atoms with Gasteiger partial charge in [-0.3, -0.25) is 4.21 Å². The summed E-state index contributed by atoms with van der Waals surface area (Å²) in [6.07, 6.45) is 0. The first-order chi connectivity index (χ1) is 9.51. The van der Waals surface area contributed by atoms with Gasteiger partial charge in [0.05, 0.1) is 33.6 Å². The molecule has 0 fully saturated rings. The van der Waals surface area contributed by atoms with E-state index in [0.29, 0.717) is 21.4 Å². The number of halogens is 2. The van der Waals surface area contributed by atoms with Crippen LogP contribution in [0.4, 0.5) is 5.69 Å². The molecule has 0 bridgehead atoms. The number of benzene rings is 2. The molecule has 0 saturated carbocycles. The zero-order valence-corrected chi connectivity index (χ0v) is 13.9. The number of rotatable bonds is 4. The third-order valence-corrected chi connectivity index (χ3v) is 5.36. The van der Waals surface area contributed by atoms with Crippen LogP contribution in [-0.2, 0) is 16.6 Å². The fourth-order valence-electron chi connectivity index (χ4n) is 1.71. The summed E-state index contributed by atoms with van der Waals surface area (Å²) in [6, 6.07) is 10.6. The summed E-state index contributed by atoms with van der Waals surface area (Å²) in [4.78, 5) is 0.579. The molecule has 0 aliphatic heterocycles. The molecule has 0 spiro atoms. The number of nitrogens with two attached hydrogens (primary N) is 1. The number of anilines is 1. The Morgan fingerprint density at radius 3 is 2.70 bits per heavy atom.